The van der Waals surface area contributed by atoms with E-state index in [1.807, 2.05) is 60.8 Å². The van der Waals surface area contributed by atoms with Gasteiger partial charge in [0.05, 0.1) is 22.5 Å². The number of hydrogen-bond acceptors (Lipinski definition) is 6. The van der Waals surface area contributed by atoms with Crippen molar-refractivity contribution in [1.82, 2.24) is 14.9 Å². The SMILES string of the molecule is CCN(C(C)=O)c1nc(/C=C2\CN(Cc3ccccc3)Cc3c2nc2ccccc2c3C(=O)O)cs1. The van der Waals surface area contributed by atoms with Gasteiger partial charge in [-0.05, 0) is 30.2 Å². The highest BCUT2D eigenvalue weighted by Crippen LogP contribution is 2.35. The average molecular weight is 499 g/mol. The molecular formula is C28H26N4O3S. The summed E-state index contributed by atoms with van der Waals surface area (Å²) in [7, 11) is 0. The predicted molar refractivity (Wildman–Crippen MR) is 143 cm³/mol. The molecule has 4 aromatic rings. The maximum atomic E-state index is 12.5. The number of para-hydroxylation sites is 1. The maximum Gasteiger partial charge on any atom is 0.336 e. The average Bonchev–Trinajstić information content (AvgIpc) is 3.31. The first kappa shape index (κ1) is 23.8. The van der Waals surface area contributed by atoms with Crippen LogP contribution in [0.15, 0.2) is 60.0 Å². The zero-order valence-electron chi connectivity index (χ0n) is 20.1. The number of pyridine rings is 1. The Balaban J connectivity index is 1.63. The number of aromatic nitrogens is 2. The Hall–Kier alpha value is -3.88. The summed E-state index contributed by atoms with van der Waals surface area (Å²) in [6.45, 7) is 5.76. The first-order valence-corrected chi connectivity index (χ1v) is 12.7. The highest BCUT2D eigenvalue weighted by Gasteiger charge is 2.29. The molecule has 0 unspecified atom stereocenters. The normalized spacial score (nSPS) is 14.7. The van der Waals surface area contributed by atoms with Crippen LogP contribution in [-0.4, -0.2) is 44.9 Å². The highest BCUT2D eigenvalue weighted by molar-refractivity contribution is 7.14. The summed E-state index contributed by atoms with van der Waals surface area (Å²) in [5.74, 6) is -1.01. The number of carbonyl (C=O) groups excluding carboxylic acids is 1. The van der Waals surface area contributed by atoms with Crippen LogP contribution in [0.1, 0.15) is 46.7 Å². The van der Waals surface area contributed by atoms with Gasteiger partial charge >= 0.3 is 5.97 Å². The molecule has 0 aliphatic carbocycles. The third-order valence-corrected chi connectivity index (χ3v) is 7.18. The summed E-state index contributed by atoms with van der Waals surface area (Å²) in [5, 5.41) is 13.4. The Morgan fingerprint density at radius 3 is 2.56 bits per heavy atom. The van der Waals surface area contributed by atoms with Crippen molar-refractivity contribution < 1.29 is 14.7 Å². The predicted octanol–water partition coefficient (Wildman–Crippen LogP) is 5.32. The number of hydrogen-bond donors (Lipinski definition) is 1. The van der Waals surface area contributed by atoms with E-state index in [2.05, 4.69) is 22.0 Å². The van der Waals surface area contributed by atoms with Crippen molar-refractivity contribution in [3.8, 4) is 0 Å². The Kier molecular flexibility index (Phi) is 6.63. The number of nitrogens with zero attached hydrogens (tertiary/aromatic N) is 4. The minimum Gasteiger partial charge on any atom is -0.478 e. The van der Waals surface area contributed by atoms with Crippen molar-refractivity contribution in [1.29, 1.82) is 0 Å². The molecule has 182 valence electrons. The second-order valence-electron chi connectivity index (χ2n) is 8.75. The number of aromatic carboxylic acids is 1. The molecule has 5 rings (SSSR count). The van der Waals surface area contributed by atoms with Crippen LogP contribution in [0, 0.1) is 0 Å². The number of benzene rings is 2. The van der Waals surface area contributed by atoms with Crippen molar-refractivity contribution in [2.75, 3.05) is 18.0 Å². The molecule has 0 radical (unpaired) electrons. The number of rotatable bonds is 6. The van der Waals surface area contributed by atoms with E-state index in [1.54, 1.807) is 4.90 Å². The smallest absolute Gasteiger partial charge is 0.336 e. The number of anilines is 1. The summed E-state index contributed by atoms with van der Waals surface area (Å²) in [4.78, 5) is 37.9. The minimum absolute atomic E-state index is 0.0534. The first-order chi connectivity index (χ1) is 17.4. The second-order valence-corrected chi connectivity index (χ2v) is 9.59. The van der Waals surface area contributed by atoms with Crippen molar-refractivity contribution in [2.45, 2.75) is 26.9 Å². The number of fused-ring (bicyclic) bond motifs is 2. The topological polar surface area (TPSA) is 86.6 Å². The molecule has 1 aliphatic rings. The van der Waals surface area contributed by atoms with Gasteiger partial charge in [0.15, 0.2) is 5.13 Å². The Bertz CT molecular complexity index is 1480. The van der Waals surface area contributed by atoms with Crippen LogP contribution in [-0.2, 0) is 17.9 Å². The highest BCUT2D eigenvalue weighted by atomic mass is 32.1. The van der Waals surface area contributed by atoms with E-state index >= 15 is 0 Å². The van der Waals surface area contributed by atoms with Gasteiger partial charge in [0, 0.05) is 49.4 Å². The zero-order valence-corrected chi connectivity index (χ0v) is 21.0. The van der Waals surface area contributed by atoms with E-state index in [0.29, 0.717) is 59.0 Å². The fourth-order valence-electron chi connectivity index (χ4n) is 4.72. The van der Waals surface area contributed by atoms with E-state index in [1.165, 1.54) is 18.3 Å². The molecule has 1 aliphatic heterocycles. The molecular weight excluding hydrogens is 472 g/mol. The lowest BCUT2D eigenvalue weighted by Gasteiger charge is -2.31. The van der Waals surface area contributed by atoms with E-state index in [-0.39, 0.29) is 5.91 Å². The molecule has 1 amide bonds. The van der Waals surface area contributed by atoms with E-state index in [4.69, 9.17) is 4.98 Å². The molecule has 2 aromatic heterocycles. The molecule has 3 heterocycles. The van der Waals surface area contributed by atoms with Crippen LogP contribution < -0.4 is 4.90 Å². The lowest BCUT2D eigenvalue weighted by Crippen LogP contribution is -2.31. The molecule has 8 heteroatoms. The van der Waals surface area contributed by atoms with Gasteiger partial charge in [-0.3, -0.25) is 14.6 Å². The van der Waals surface area contributed by atoms with E-state index < -0.39 is 5.97 Å². The number of carboxylic acids is 1. The van der Waals surface area contributed by atoms with Crippen LogP contribution in [0.2, 0.25) is 0 Å². The lowest BCUT2D eigenvalue weighted by molar-refractivity contribution is -0.116. The van der Waals surface area contributed by atoms with Crippen LogP contribution >= 0.6 is 11.3 Å². The fraction of sp³-hybridized carbons (Fsp3) is 0.214. The molecule has 7 nitrogen and oxygen atoms in total. The molecule has 2 aromatic carbocycles. The zero-order chi connectivity index (χ0) is 25.2. The van der Waals surface area contributed by atoms with Crippen LogP contribution in [0.4, 0.5) is 5.13 Å². The molecule has 1 N–H and O–H groups in total. The number of carboxylic acid groups (broad SMARTS) is 1. The molecule has 0 bridgehead atoms. The van der Waals surface area contributed by atoms with Crippen molar-refractivity contribution in [3.63, 3.8) is 0 Å². The number of amides is 1. The van der Waals surface area contributed by atoms with Crippen molar-refractivity contribution in [3.05, 3.63) is 88.1 Å². The van der Waals surface area contributed by atoms with Gasteiger partial charge in [-0.25, -0.2) is 14.8 Å². The Morgan fingerprint density at radius 1 is 1.08 bits per heavy atom. The summed E-state index contributed by atoms with van der Waals surface area (Å²) < 4.78 is 0. The first-order valence-electron chi connectivity index (χ1n) is 11.8. The van der Waals surface area contributed by atoms with Gasteiger partial charge in [-0.1, -0.05) is 48.5 Å². The van der Waals surface area contributed by atoms with Crippen LogP contribution in [0.25, 0.3) is 22.6 Å². The summed E-state index contributed by atoms with van der Waals surface area (Å²) in [5.41, 5.74) is 5.15. The van der Waals surface area contributed by atoms with Crippen LogP contribution in [0.5, 0.6) is 0 Å². The van der Waals surface area contributed by atoms with Gasteiger partial charge in [-0.15, -0.1) is 11.3 Å². The van der Waals surface area contributed by atoms with E-state index in [9.17, 15) is 14.7 Å². The van der Waals surface area contributed by atoms with Gasteiger partial charge in [0.2, 0.25) is 5.91 Å². The molecule has 0 spiro atoms. The molecule has 0 atom stereocenters. The lowest BCUT2D eigenvalue weighted by atomic mass is 9.92. The molecule has 36 heavy (non-hydrogen) atoms. The minimum atomic E-state index is -0.957. The quantitative estimate of drug-likeness (QED) is 0.387. The third kappa shape index (κ3) is 4.65. The van der Waals surface area contributed by atoms with E-state index in [0.717, 1.165) is 16.8 Å². The Morgan fingerprint density at radius 2 is 1.83 bits per heavy atom. The number of thiazole rings is 1. The fourth-order valence-corrected chi connectivity index (χ4v) is 5.61. The van der Waals surface area contributed by atoms with Gasteiger partial charge < -0.3 is 5.11 Å². The van der Waals surface area contributed by atoms with Crippen LogP contribution in [0.3, 0.4) is 0 Å². The number of carbonyl (C=O) groups is 2. The third-order valence-electron chi connectivity index (χ3n) is 6.30. The standard InChI is InChI=1S/C28H26N4O3S/c1-3-32(18(2)33)28-29-21(17-36-28)13-20-15-31(14-19-9-5-4-6-10-19)16-23-25(27(34)35)22-11-7-8-12-24(22)30-26(20)23/h4-13,17H,3,14-16H2,1-2H3,(H,34,35)/b20-13+. The molecule has 0 saturated carbocycles. The molecule has 0 saturated heterocycles. The maximum absolute atomic E-state index is 12.5. The van der Waals surface area contributed by atoms with Crippen molar-refractivity contribution in [2.24, 2.45) is 0 Å². The molecule has 0 fully saturated rings. The van der Waals surface area contributed by atoms with Crippen molar-refractivity contribution >= 4 is 50.9 Å². The largest absolute Gasteiger partial charge is 0.478 e. The Labute approximate surface area is 213 Å². The summed E-state index contributed by atoms with van der Waals surface area (Å²) in [6.07, 6.45) is 1.97. The van der Waals surface area contributed by atoms with Gasteiger partial charge in [-0.2, -0.15) is 0 Å². The van der Waals surface area contributed by atoms with Gasteiger partial charge in [0.1, 0.15) is 0 Å². The van der Waals surface area contributed by atoms with Gasteiger partial charge in [0.25, 0.3) is 0 Å². The second kappa shape index (κ2) is 10.0. The summed E-state index contributed by atoms with van der Waals surface area (Å²) in [6, 6.07) is 17.5. The monoisotopic (exact) mass is 498 g/mol. The summed E-state index contributed by atoms with van der Waals surface area (Å²) >= 11 is 1.42.